The fourth-order valence-corrected chi connectivity index (χ4v) is 3.82. The van der Waals surface area contributed by atoms with Gasteiger partial charge in [0, 0.05) is 21.9 Å². The number of benzene rings is 1. The Balaban J connectivity index is 1.99. The fraction of sp³-hybridized carbons (Fsp3) is 0.267. The molecule has 0 radical (unpaired) electrons. The third-order valence-corrected chi connectivity index (χ3v) is 5.08. The van der Waals surface area contributed by atoms with E-state index in [0.29, 0.717) is 6.54 Å². The number of hydrogen-bond acceptors (Lipinski definition) is 4. The Hall–Kier alpha value is -1.12. The number of aromatic nitrogens is 3. The van der Waals surface area contributed by atoms with Gasteiger partial charge >= 0.3 is 0 Å². The fourth-order valence-electron chi connectivity index (χ4n) is 1.91. The molecular weight excluding hydrogens is 444 g/mol. The number of carbonyl (C=O) groups is 1. The molecule has 0 fully saturated rings. The Morgan fingerprint density at radius 3 is 2.87 bits per heavy atom. The SMILES string of the molecule is C=CCn1c(CC)nnc1SCC(=O)Nc1ccc(Br)cc1Br. The van der Waals surface area contributed by atoms with E-state index >= 15 is 0 Å². The monoisotopic (exact) mass is 458 g/mol. The average Bonchev–Trinajstić information content (AvgIpc) is 2.90. The average molecular weight is 460 g/mol. The summed E-state index contributed by atoms with van der Waals surface area (Å²) in [5.41, 5.74) is 0.737. The number of carbonyl (C=O) groups excluding carboxylic acids is 1. The van der Waals surface area contributed by atoms with Gasteiger partial charge in [0.2, 0.25) is 5.91 Å². The minimum absolute atomic E-state index is 0.0933. The van der Waals surface area contributed by atoms with Crippen LogP contribution in [0.2, 0.25) is 0 Å². The third-order valence-electron chi connectivity index (χ3n) is 2.96. The predicted molar refractivity (Wildman–Crippen MR) is 101 cm³/mol. The van der Waals surface area contributed by atoms with Crippen LogP contribution >= 0.6 is 43.6 Å². The van der Waals surface area contributed by atoms with Crippen molar-refractivity contribution in [1.82, 2.24) is 14.8 Å². The summed E-state index contributed by atoms with van der Waals surface area (Å²) in [6, 6.07) is 5.60. The third kappa shape index (κ3) is 4.92. The van der Waals surface area contributed by atoms with Crippen LogP contribution in [0.25, 0.3) is 0 Å². The second-order valence-electron chi connectivity index (χ2n) is 4.61. The molecule has 0 aliphatic heterocycles. The molecule has 0 bridgehead atoms. The maximum Gasteiger partial charge on any atom is 0.234 e. The van der Waals surface area contributed by atoms with Crippen LogP contribution in [-0.2, 0) is 17.8 Å². The van der Waals surface area contributed by atoms with Crippen LogP contribution in [0.1, 0.15) is 12.7 Å². The van der Waals surface area contributed by atoms with E-state index < -0.39 is 0 Å². The van der Waals surface area contributed by atoms with Crippen LogP contribution in [0, 0.1) is 0 Å². The lowest BCUT2D eigenvalue weighted by Crippen LogP contribution is -2.15. The van der Waals surface area contributed by atoms with Gasteiger partial charge in [0.15, 0.2) is 5.16 Å². The summed E-state index contributed by atoms with van der Waals surface area (Å²) in [6.45, 7) is 6.41. The summed E-state index contributed by atoms with van der Waals surface area (Å²) in [6.07, 6.45) is 2.59. The van der Waals surface area contributed by atoms with Gasteiger partial charge in [-0.1, -0.05) is 40.7 Å². The summed E-state index contributed by atoms with van der Waals surface area (Å²) in [7, 11) is 0. The van der Waals surface area contributed by atoms with Crippen molar-refractivity contribution in [2.24, 2.45) is 0 Å². The highest BCUT2D eigenvalue weighted by atomic mass is 79.9. The Kier molecular flexibility index (Phi) is 6.86. The van der Waals surface area contributed by atoms with Crippen molar-refractivity contribution >= 4 is 55.2 Å². The second-order valence-corrected chi connectivity index (χ2v) is 7.33. The van der Waals surface area contributed by atoms with E-state index in [4.69, 9.17) is 0 Å². The van der Waals surface area contributed by atoms with E-state index in [1.807, 2.05) is 29.7 Å². The van der Waals surface area contributed by atoms with E-state index in [1.165, 1.54) is 11.8 Å². The molecule has 2 rings (SSSR count). The van der Waals surface area contributed by atoms with Crippen molar-refractivity contribution in [3.05, 3.63) is 45.6 Å². The summed E-state index contributed by atoms with van der Waals surface area (Å²) in [5.74, 6) is 1.06. The first-order valence-corrected chi connectivity index (χ1v) is 9.53. The first kappa shape index (κ1) is 18.2. The molecule has 0 unspecified atom stereocenters. The Morgan fingerprint density at radius 1 is 1.43 bits per heavy atom. The van der Waals surface area contributed by atoms with Crippen molar-refractivity contribution in [2.45, 2.75) is 25.0 Å². The number of nitrogens with zero attached hydrogens (tertiary/aromatic N) is 3. The van der Waals surface area contributed by atoms with Gasteiger partial charge in [0.05, 0.1) is 11.4 Å². The summed E-state index contributed by atoms with van der Waals surface area (Å²) in [4.78, 5) is 12.1. The van der Waals surface area contributed by atoms with Gasteiger partial charge in [-0.05, 0) is 34.1 Å². The zero-order chi connectivity index (χ0) is 16.8. The number of hydrogen-bond donors (Lipinski definition) is 1. The van der Waals surface area contributed by atoms with Crippen LogP contribution in [0.5, 0.6) is 0 Å². The molecular formula is C15H16Br2N4OS. The maximum absolute atomic E-state index is 12.1. The molecule has 1 aromatic carbocycles. The van der Waals surface area contributed by atoms with E-state index in [0.717, 1.165) is 32.0 Å². The number of halogens is 2. The molecule has 0 atom stereocenters. The van der Waals surface area contributed by atoms with Gasteiger partial charge in [-0.25, -0.2) is 0 Å². The molecule has 122 valence electrons. The Morgan fingerprint density at radius 2 is 2.22 bits per heavy atom. The summed E-state index contributed by atoms with van der Waals surface area (Å²) < 4.78 is 3.75. The lowest BCUT2D eigenvalue weighted by atomic mass is 10.3. The van der Waals surface area contributed by atoms with Crippen LogP contribution in [-0.4, -0.2) is 26.4 Å². The molecule has 2 aromatic rings. The minimum Gasteiger partial charge on any atom is -0.324 e. The van der Waals surface area contributed by atoms with Gasteiger partial charge in [0.25, 0.3) is 0 Å². The van der Waals surface area contributed by atoms with Crippen molar-refractivity contribution in [3.8, 4) is 0 Å². The van der Waals surface area contributed by atoms with Gasteiger partial charge in [0.1, 0.15) is 5.82 Å². The minimum atomic E-state index is -0.0933. The molecule has 5 nitrogen and oxygen atoms in total. The van der Waals surface area contributed by atoms with Crippen LogP contribution in [0.15, 0.2) is 45.0 Å². The molecule has 0 spiro atoms. The maximum atomic E-state index is 12.1. The Bertz CT molecular complexity index is 717. The zero-order valence-corrected chi connectivity index (χ0v) is 16.5. The first-order chi connectivity index (χ1) is 11.0. The number of nitrogens with one attached hydrogen (secondary N) is 1. The summed E-state index contributed by atoms with van der Waals surface area (Å²) >= 11 is 8.17. The number of rotatable bonds is 7. The van der Waals surface area contributed by atoms with Crippen molar-refractivity contribution in [3.63, 3.8) is 0 Å². The molecule has 0 saturated carbocycles. The topological polar surface area (TPSA) is 59.8 Å². The number of allylic oxidation sites excluding steroid dienone is 1. The highest BCUT2D eigenvalue weighted by Gasteiger charge is 2.13. The number of aryl methyl sites for hydroxylation is 1. The zero-order valence-electron chi connectivity index (χ0n) is 12.6. The van der Waals surface area contributed by atoms with Gasteiger partial charge in [-0.15, -0.1) is 16.8 Å². The lowest BCUT2D eigenvalue weighted by molar-refractivity contribution is -0.113. The number of amides is 1. The molecule has 0 saturated heterocycles. The van der Waals surface area contributed by atoms with Gasteiger partial charge in [-0.2, -0.15) is 0 Å². The van der Waals surface area contributed by atoms with Crippen LogP contribution in [0.3, 0.4) is 0 Å². The summed E-state index contributed by atoms with van der Waals surface area (Å²) in [5, 5.41) is 11.9. The van der Waals surface area contributed by atoms with Crippen LogP contribution in [0.4, 0.5) is 5.69 Å². The van der Waals surface area contributed by atoms with E-state index in [-0.39, 0.29) is 11.7 Å². The molecule has 8 heteroatoms. The molecule has 0 aliphatic carbocycles. The predicted octanol–water partition coefficient (Wildman–Crippen LogP) is 4.28. The van der Waals surface area contributed by atoms with Crippen molar-refractivity contribution < 1.29 is 4.79 Å². The second kappa shape index (κ2) is 8.65. The highest BCUT2D eigenvalue weighted by molar-refractivity contribution is 9.11. The molecule has 1 aromatic heterocycles. The van der Waals surface area contributed by atoms with Crippen molar-refractivity contribution in [1.29, 1.82) is 0 Å². The molecule has 23 heavy (non-hydrogen) atoms. The molecule has 1 N–H and O–H groups in total. The quantitative estimate of drug-likeness (QED) is 0.495. The number of anilines is 1. The molecule has 1 amide bonds. The Labute approximate surface area is 156 Å². The highest BCUT2D eigenvalue weighted by Crippen LogP contribution is 2.26. The molecule has 1 heterocycles. The largest absolute Gasteiger partial charge is 0.324 e. The number of thioether (sulfide) groups is 1. The normalized spacial score (nSPS) is 10.6. The lowest BCUT2D eigenvalue weighted by Gasteiger charge is -2.08. The van der Waals surface area contributed by atoms with Crippen LogP contribution < -0.4 is 5.32 Å². The molecule has 0 aliphatic rings. The van der Waals surface area contributed by atoms with E-state index in [2.05, 4.69) is 54.0 Å². The first-order valence-electron chi connectivity index (χ1n) is 6.95. The van der Waals surface area contributed by atoms with Crippen molar-refractivity contribution in [2.75, 3.05) is 11.1 Å². The van der Waals surface area contributed by atoms with E-state index in [1.54, 1.807) is 6.08 Å². The van der Waals surface area contributed by atoms with Gasteiger partial charge < -0.3 is 9.88 Å². The smallest absolute Gasteiger partial charge is 0.234 e. The van der Waals surface area contributed by atoms with E-state index in [9.17, 15) is 4.79 Å². The standard InChI is InChI=1S/C15H16Br2N4OS/c1-3-7-21-13(4-2)19-20-15(21)23-9-14(22)18-12-6-5-10(16)8-11(12)17/h3,5-6,8H,1,4,7,9H2,2H3,(H,18,22). The van der Waals surface area contributed by atoms with Gasteiger partial charge in [-0.3, -0.25) is 4.79 Å².